The summed E-state index contributed by atoms with van der Waals surface area (Å²) in [6.45, 7) is 6.28. The zero-order valence-corrected chi connectivity index (χ0v) is 15.4. The average Bonchev–Trinajstić information content (AvgIpc) is 3.07. The maximum atomic E-state index is 11.6. The van der Waals surface area contributed by atoms with Gasteiger partial charge in [-0.2, -0.15) is 0 Å². The van der Waals surface area contributed by atoms with Gasteiger partial charge in [-0.3, -0.25) is 9.69 Å². The van der Waals surface area contributed by atoms with Gasteiger partial charge in [-0.15, -0.1) is 0 Å². The fourth-order valence-corrected chi connectivity index (χ4v) is 4.51. The number of piperidine rings is 1. The molecular weight excluding hydrogens is 320 g/mol. The molecule has 0 bridgehead atoms. The minimum absolute atomic E-state index is 0.429. The number of rotatable bonds is 5. The second kappa shape index (κ2) is 8.15. The maximum absolute atomic E-state index is 11.6. The summed E-state index contributed by atoms with van der Waals surface area (Å²) in [5.74, 6) is 1.64. The largest absolute Gasteiger partial charge is 0.302 e. The molecule has 2 aliphatic rings. The lowest BCUT2D eigenvalue weighted by molar-refractivity contribution is -0.121. The van der Waals surface area contributed by atoms with Gasteiger partial charge in [0.05, 0.1) is 0 Å². The maximum Gasteiger partial charge on any atom is 0.135 e. The van der Waals surface area contributed by atoms with Gasteiger partial charge in [0, 0.05) is 58.0 Å². The molecule has 2 atom stereocenters. The normalized spacial score (nSPS) is 24.8. The third kappa shape index (κ3) is 4.22. The Hall–Kier alpha value is -1.97. The Balaban J connectivity index is 1.46. The quantitative estimate of drug-likeness (QED) is 0.825. The Morgan fingerprint density at radius 1 is 0.808 bits per heavy atom. The molecule has 0 amide bonds. The molecule has 2 saturated heterocycles. The summed E-state index contributed by atoms with van der Waals surface area (Å²) in [5, 5.41) is 0. The van der Waals surface area contributed by atoms with Crippen LogP contribution in [0.25, 0.3) is 0 Å². The summed E-state index contributed by atoms with van der Waals surface area (Å²) < 4.78 is 0. The lowest BCUT2D eigenvalue weighted by Gasteiger charge is -2.30. The number of ketones is 1. The highest BCUT2D eigenvalue weighted by atomic mass is 16.1. The zero-order valence-electron chi connectivity index (χ0n) is 15.4. The van der Waals surface area contributed by atoms with Crippen LogP contribution in [0, 0.1) is 5.92 Å². The molecule has 2 aliphatic heterocycles. The molecule has 2 fully saturated rings. The monoisotopic (exact) mass is 348 g/mol. The van der Waals surface area contributed by atoms with Gasteiger partial charge in [-0.05, 0) is 17.0 Å². The number of hydrogen-bond acceptors (Lipinski definition) is 3. The predicted molar refractivity (Wildman–Crippen MR) is 105 cm³/mol. The zero-order chi connectivity index (χ0) is 17.8. The van der Waals surface area contributed by atoms with Crippen molar-refractivity contribution in [3.8, 4) is 0 Å². The lowest BCUT2D eigenvalue weighted by Crippen LogP contribution is -2.38. The summed E-state index contributed by atoms with van der Waals surface area (Å²) in [4.78, 5) is 16.7. The molecule has 4 rings (SSSR count). The Morgan fingerprint density at radius 3 is 2.15 bits per heavy atom. The van der Waals surface area contributed by atoms with Crippen molar-refractivity contribution in [1.29, 1.82) is 0 Å². The van der Waals surface area contributed by atoms with Crippen LogP contribution in [0.1, 0.15) is 29.9 Å². The van der Waals surface area contributed by atoms with E-state index in [-0.39, 0.29) is 0 Å². The van der Waals surface area contributed by atoms with Gasteiger partial charge in [-0.25, -0.2) is 0 Å². The van der Waals surface area contributed by atoms with Crippen molar-refractivity contribution in [2.24, 2.45) is 5.92 Å². The van der Waals surface area contributed by atoms with E-state index in [1.807, 2.05) is 0 Å². The highest BCUT2D eigenvalue weighted by Gasteiger charge is 2.35. The Labute approximate surface area is 156 Å². The summed E-state index contributed by atoms with van der Waals surface area (Å²) in [6.07, 6.45) is 1.47. The van der Waals surface area contributed by atoms with E-state index in [0.29, 0.717) is 17.6 Å². The van der Waals surface area contributed by atoms with E-state index in [4.69, 9.17) is 0 Å². The van der Waals surface area contributed by atoms with Crippen molar-refractivity contribution in [3.63, 3.8) is 0 Å². The number of Topliss-reactive ketones (excluding diaryl/α,β-unsaturated/α-hetero) is 1. The molecule has 2 aromatic rings. The lowest BCUT2D eigenvalue weighted by atomic mass is 9.88. The summed E-state index contributed by atoms with van der Waals surface area (Å²) in [5.41, 5.74) is 2.85. The third-order valence-electron chi connectivity index (χ3n) is 5.90. The summed E-state index contributed by atoms with van der Waals surface area (Å²) in [6, 6.07) is 21.8. The molecule has 26 heavy (non-hydrogen) atoms. The Kier molecular flexibility index (Phi) is 5.47. The van der Waals surface area contributed by atoms with Crippen LogP contribution in [-0.2, 0) is 11.3 Å². The van der Waals surface area contributed by atoms with Gasteiger partial charge in [0.1, 0.15) is 5.78 Å². The Bertz CT molecular complexity index is 706. The summed E-state index contributed by atoms with van der Waals surface area (Å²) in [7, 11) is 0. The van der Waals surface area contributed by atoms with Crippen LogP contribution < -0.4 is 0 Å². The Morgan fingerprint density at radius 2 is 1.46 bits per heavy atom. The molecule has 2 heterocycles. The molecule has 2 aromatic carbocycles. The van der Waals surface area contributed by atoms with Crippen LogP contribution in [0.2, 0.25) is 0 Å². The number of likely N-dealkylation sites (tertiary alicyclic amines) is 2. The van der Waals surface area contributed by atoms with E-state index in [9.17, 15) is 4.79 Å². The highest BCUT2D eigenvalue weighted by molar-refractivity contribution is 5.79. The smallest absolute Gasteiger partial charge is 0.135 e. The first-order chi connectivity index (χ1) is 12.8. The van der Waals surface area contributed by atoms with Crippen molar-refractivity contribution >= 4 is 5.78 Å². The molecule has 0 aliphatic carbocycles. The number of benzene rings is 2. The molecular formula is C23H28N2O. The van der Waals surface area contributed by atoms with Gasteiger partial charge in [0.25, 0.3) is 0 Å². The average molecular weight is 348 g/mol. The fourth-order valence-electron chi connectivity index (χ4n) is 4.51. The number of nitrogens with zero attached hydrogens (tertiary/aromatic N) is 2. The van der Waals surface area contributed by atoms with Crippen LogP contribution >= 0.6 is 0 Å². The molecule has 0 radical (unpaired) electrons. The van der Waals surface area contributed by atoms with Crippen molar-refractivity contribution in [2.75, 3.05) is 32.7 Å². The molecule has 3 nitrogen and oxygen atoms in total. The molecule has 0 N–H and O–H groups in total. The van der Waals surface area contributed by atoms with Crippen LogP contribution in [0.5, 0.6) is 0 Å². The molecule has 3 heteroatoms. The van der Waals surface area contributed by atoms with Gasteiger partial charge in [0.15, 0.2) is 0 Å². The van der Waals surface area contributed by atoms with E-state index < -0.39 is 0 Å². The second-order valence-electron chi connectivity index (χ2n) is 7.80. The summed E-state index contributed by atoms with van der Waals surface area (Å²) >= 11 is 0. The second-order valence-corrected chi connectivity index (χ2v) is 7.80. The number of carbonyl (C=O) groups is 1. The first kappa shape index (κ1) is 17.4. The van der Waals surface area contributed by atoms with E-state index in [0.717, 1.165) is 52.1 Å². The van der Waals surface area contributed by atoms with Crippen LogP contribution in [-0.4, -0.2) is 48.3 Å². The van der Waals surface area contributed by atoms with Gasteiger partial charge in [-0.1, -0.05) is 60.7 Å². The SMILES string of the molecule is O=C1CCN(CC2CN(Cc3ccccc3)CC2c2ccccc2)CC1. The number of hydrogen-bond donors (Lipinski definition) is 0. The first-order valence-electron chi connectivity index (χ1n) is 9.83. The van der Waals surface area contributed by atoms with Crippen LogP contribution in [0.3, 0.4) is 0 Å². The molecule has 0 spiro atoms. The third-order valence-corrected chi connectivity index (χ3v) is 5.90. The van der Waals surface area contributed by atoms with Crippen LogP contribution in [0.4, 0.5) is 0 Å². The van der Waals surface area contributed by atoms with E-state index in [2.05, 4.69) is 70.5 Å². The van der Waals surface area contributed by atoms with Gasteiger partial charge < -0.3 is 4.90 Å². The highest BCUT2D eigenvalue weighted by Crippen LogP contribution is 2.34. The first-order valence-corrected chi connectivity index (χ1v) is 9.83. The van der Waals surface area contributed by atoms with Gasteiger partial charge >= 0.3 is 0 Å². The molecule has 136 valence electrons. The molecule has 2 unspecified atom stereocenters. The minimum Gasteiger partial charge on any atom is -0.302 e. The molecule has 0 saturated carbocycles. The van der Waals surface area contributed by atoms with Crippen molar-refractivity contribution in [2.45, 2.75) is 25.3 Å². The van der Waals surface area contributed by atoms with E-state index in [1.165, 1.54) is 11.1 Å². The number of carbonyl (C=O) groups excluding carboxylic acids is 1. The van der Waals surface area contributed by atoms with Crippen molar-refractivity contribution in [1.82, 2.24) is 9.80 Å². The fraction of sp³-hybridized carbons (Fsp3) is 0.435. The standard InChI is InChI=1S/C23H28N2O/c26-22-11-13-24(14-12-22)16-21-17-25(15-19-7-3-1-4-8-19)18-23(21)20-9-5-2-6-10-20/h1-10,21,23H,11-18H2. The molecule has 0 aromatic heterocycles. The van der Waals surface area contributed by atoms with Gasteiger partial charge in [0.2, 0.25) is 0 Å². The predicted octanol–water partition coefficient (Wildman–Crippen LogP) is 3.57. The van der Waals surface area contributed by atoms with Crippen molar-refractivity contribution < 1.29 is 4.79 Å². The van der Waals surface area contributed by atoms with Crippen LogP contribution in [0.15, 0.2) is 60.7 Å². The minimum atomic E-state index is 0.429. The van der Waals surface area contributed by atoms with E-state index >= 15 is 0 Å². The van der Waals surface area contributed by atoms with Crippen molar-refractivity contribution in [3.05, 3.63) is 71.8 Å². The topological polar surface area (TPSA) is 23.6 Å². The van der Waals surface area contributed by atoms with E-state index in [1.54, 1.807) is 0 Å².